The topological polar surface area (TPSA) is 58.4 Å². The molecule has 1 aliphatic heterocycles. The zero-order valence-electron chi connectivity index (χ0n) is 12.7. The van der Waals surface area contributed by atoms with E-state index in [9.17, 15) is 4.79 Å². The van der Waals surface area contributed by atoms with E-state index in [2.05, 4.69) is 22.4 Å². The summed E-state index contributed by atoms with van der Waals surface area (Å²) in [6.07, 6.45) is 3.56. The zero-order valence-corrected chi connectivity index (χ0v) is 12.7. The second-order valence-electron chi connectivity index (χ2n) is 6.08. The van der Waals surface area contributed by atoms with Crippen LogP contribution in [-0.4, -0.2) is 42.6 Å². The SMILES string of the molecule is CC(C)c1cc(C(=O)NCCC2CCCN(C)C2)no1. The van der Waals surface area contributed by atoms with E-state index in [-0.39, 0.29) is 11.8 Å². The lowest BCUT2D eigenvalue weighted by Crippen LogP contribution is -2.34. The zero-order chi connectivity index (χ0) is 14.5. The van der Waals surface area contributed by atoms with Gasteiger partial charge in [0, 0.05) is 25.1 Å². The van der Waals surface area contributed by atoms with Crippen molar-refractivity contribution < 1.29 is 9.32 Å². The van der Waals surface area contributed by atoms with Crippen LogP contribution in [0.4, 0.5) is 0 Å². The van der Waals surface area contributed by atoms with Crippen LogP contribution in [0.2, 0.25) is 0 Å². The highest BCUT2D eigenvalue weighted by atomic mass is 16.5. The lowest BCUT2D eigenvalue weighted by Gasteiger charge is -2.29. The summed E-state index contributed by atoms with van der Waals surface area (Å²) < 4.78 is 5.14. The predicted octanol–water partition coefficient (Wildman–Crippen LogP) is 2.26. The van der Waals surface area contributed by atoms with Crippen LogP contribution in [0.15, 0.2) is 10.6 Å². The lowest BCUT2D eigenvalue weighted by atomic mass is 9.95. The molecule has 1 amide bonds. The van der Waals surface area contributed by atoms with Gasteiger partial charge in [-0.25, -0.2) is 0 Å². The van der Waals surface area contributed by atoms with Gasteiger partial charge in [-0.05, 0) is 38.8 Å². The van der Waals surface area contributed by atoms with Gasteiger partial charge in [-0.1, -0.05) is 19.0 Å². The maximum Gasteiger partial charge on any atom is 0.273 e. The Morgan fingerprint density at radius 2 is 2.40 bits per heavy atom. The predicted molar refractivity (Wildman–Crippen MR) is 77.8 cm³/mol. The first kappa shape index (κ1) is 15.0. The molecule has 2 rings (SSSR count). The molecule has 1 unspecified atom stereocenters. The monoisotopic (exact) mass is 279 g/mol. The molecule has 0 spiro atoms. The first-order valence-electron chi connectivity index (χ1n) is 7.49. The Labute approximate surface area is 120 Å². The second-order valence-corrected chi connectivity index (χ2v) is 6.08. The fraction of sp³-hybridized carbons (Fsp3) is 0.733. The van der Waals surface area contributed by atoms with E-state index in [4.69, 9.17) is 4.52 Å². The Morgan fingerprint density at radius 3 is 3.05 bits per heavy atom. The van der Waals surface area contributed by atoms with Crippen LogP contribution in [0.25, 0.3) is 0 Å². The van der Waals surface area contributed by atoms with E-state index < -0.39 is 0 Å². The molecule has 0 aromatic carbocycles. The van der Waals surface area contributed by atoms with E-state index in [1.807, 2.05) is 13.8 Å². The molecule has 1 aromatic rings. The van der Waals surface area contributed by atoms with Crippen LogP contribution in [0.1, 0.15) is 55.3 Å². The van der Waals surface area contributed by atoms with Crippen LogP contribution >= 0.6 is 0 Å². The quantitative estimate of drug-likeness (QED) is 0.898. The Morgan fingerprint density at radius 1 is 1.60 bits per heavy atom. The molecule has 5 heteroatoms. The summed E-state index contributed by atoms with van der Waals surface area (Å²) in [6.45, 7) is 7.07. The van der Waals surface area contributed by atoms with Gasteiger partial charge < -0.3 is 14.7 Å². The fourth-order valence-electron chi connectivity index (χ4n) is 2.66. The lowest BCUT2D eigenvalue weighted by molar-refractivity contribution is 0.0939. The third-order valence-corrected chi connectivity index (χ3v) is 3.89. The Hall–Kier alpha value is -1.36. The van der Waals surface area contributed by atoms with Gasteiger partial charge in [0.15, 0.2) is 5.69 Å². The molecule has 20 heavy (non-hydrogen) atoms. The first-order valence-corrected chi connectivity index (χ1v) is 7.49. The summed E-state index contributed by atoms with van der Waals surface area (Å²) in [5.41, 5.74) is 0.384. The summed E-state index contributed by atoms with van der Waals surface area (Å²) in [4.78, 5) is 14.3. The number of rotatable bonds is 5. The molecule has 1 aromatic heterocycles. The van der Waals surface area contributed by atoms with Crippen LogP contribution in [0.5, 0.6) is 0 Å². The highest BCUT2D eigenvalue weighted by Gasteiger charge is 2.18. The van der Waals surface area contributed by atoms with Crippen LogP contribution in [0.3, 0.4) is 0 Å². The summed E-state index contributed by atoms with van der Waals surface area (Å²) in [6, 6.07) is 1.73. The van der Waals surface area contributed by atoms with Crippen LogP contribution in [-0.2, 0) is 0 Å². The molecule has 2 heterocycles. The summed E-state index contributed by atoms with van der Waals surface area (Å²) in [5.74, 6) is 1.56. The summed E-state index contributed by atoms with van der Waals surface area (Å²) >= 11 is 0. The summed E-state index contributed by atoms with van der Waals surface area (Å²) in [5, 5.41) is 6.75. The van der Waals surface area contributed by atoms with Crippen molar-refractivity contribution in [2.75, 3.05) is 26.7 Å². The van der Waals surface area contributed by atoms with E-state index >= 15 is 0 Å². The Balaban J connectivity index is 1.74. The highest BCUT2D eigenvalue weighted by molar-refractivity contribution is 5.92. The number of carbonyl (C=O) groups is 1. The number of hydrogen-bond donors (Lipinski definition) is 1. The van der Waals surface area contributed by atoms with Crippen molar-refractivity contribution in [2.24, 2.45) is 5.92 Å². The van der Waals surface area contributed by atoms with Gasteiger partial charge >= 0.3 is 0 Å². The number of piperidine rings is 1. The van der Waals surface area contributed by atoms with Crippen molar-refractivity contribution in [1.29, 1.82) is 0 Å². The number of nitrogens with one attached hydrogen (secondary N) is 1. The summed E-state index contributed by atoms with van der Waals surface area (Å²) in [7, 11) is 2.16. The largest absolute Gasteiger partial charge is 0.360 e. The van der Waals surface area contributed by atoms with Crippen molar-refractivity contribution in [3.05, 3.63) is 17.5 Å². The Kier molecular flexibility index (Phi) is 5.17. The molecule has 1 fully saturated rings. The van der Waals surface area contributed by atoms with E-state index in [0.717, 1.165) is 18.7 Å². The van der Waals surface area contributed by atoms with E-state index in [1.54, 1.807) is 6.07 Å². The van der Waals surface area contributed by atoms with Gasteiger partial charge in [-0.2, -0.15) is 0 Å². The fourth-order valence-corrected chi connectivity index (χ4v) is 2.66. The average molecular weight is 279 g/mol. The molecule has 1 atom stereocenters. The number of amides is 1. The molecule has 0 bridgehead atoms. The standard InChI is InChI=1S/C15H25N3O2/c1-11(2)14-9-13(17-20-14)15(19)16-7-6-12-5-4-8-18(3)10-12/h9,11-12H,4-8,10H2,1-3H3,(H,16,19). The van der Waals surface area contributed by atoms with Crippen LogP contribution in [0, 0.1) is 5.92 Å². The molecule has 112 valence electrons. The molecular weight excluding hydrogens is 254 g/mol. The normalized spacial score (nSPS) is 20.3. The third-order valence-electron chi connectivity index (χ3n) is 3.89. The average Bonchev–Trinajstić information content (AvgIpc) is 2.88. The first-order chi connectivity index (χ1) is 9.56. The van der Waals surface area contributed by atoms with Crippen molar-refractivity contribution >= 4 is 5.91 Å². The van der Waals surface area contributed by atoms with Gasteiger partial charge in [-0.15, -0.1) is 0 Å². The number of likely N-dealkylation sites (tertiary alicyclic amines) is 1. The van der Waals surface area contributed by atoms with E-state index in [1.165, 1.54) is 19.4 Å². The van der Waals surface area contributed by atoms with Crippen molar-refractivity contribution in [3.63, 3.8) is 0 Å². The number of hydrogen-bond acceptors (Lipinski definition) is 4. The molecule has 0 saturated carbocycles. The molecule has 5 nitrogen and oxygen atoms in total. The molecule has 1 aliphatic rings. The van der Waals surface area contributed by atoms with Crippen molar-refractivity contribution in [1.82, 2.24) is 15.4 Å². The van der Waals surface area contributed by atoms with Gasteiger partial charge in [0.05, 0.1) is 0 Å². The van der Waals surface area contributed by atoms with E-state index in [0.29, 0.717) is 18.2 Å². The van der Waals surface area contributed by atoms with Gasteiger partial charge in [-0.3, -0.25) is 4.79 Å². The highest BCUT2D eigenvalue weighted by Crippen LogP contribution is 2.18. The Bertz CT molecular complexity index is 442. The minimum atomic E-state index is -0.134. The molecule has 0 radical (unpaired) electrons. The molecule has 1 N–H and O–H groups in total. The van der Waals surface area contributed by atoms with Gasteiger partial charge in [0.25, 0.3) is 5.91 Å². The van der Waals surface area contributed by atoms with Gasteiger partial charge in [0.2, 0.25) is 0 Å². The molecule has 0 aliphatic carbocycles. The maximum absolute atomic E-state index is 11.9. The number of aromatic nitrogens is 1. The van der Waals surface area contributed by atoms with Crippen molar-refractivity contribution in [2.45, 2.75) is 39.0 Å². The molecular formula is C15H25N3O2. The minimum Gasteiger partial charge on any atom is -0.360 e. The number of nitrogens with zero attached hydrogens (tertiary/aromatic N) is 2. The smallest absolute Gasteiger partial charge is 0.273 e. The van der Waals surface area contributed by atoms with Gasteiger partial charge in [0.1, 0.15) is 5.76 Å². The molecule has 1 saturated heterocycles. The third kappa shape index (κ3) is 4.07. The minimum absolute atomic E-state index is 0.134. The van der Waals surface area contributed by atoms with Crippen LogP contribution < -0.4 is 5.32 Å². The number of carbonyl (C=O) groups excluding carboxylic acids is 1. The van der Waals surface area contributed by atoms with Crippen molar-refractivity contribution in [3.8, 4) is 0 Å². The second kappa shape index (κ2) is 6.88. The maximum atomic E-state index is 11.9.